The van der Waals surface area contributed by atoms with Gasteiger partial charge < -0.3 is 5.32 Å². The van der Waals surface area contributed by atoms with Crippen LogP contribution in [0.3, 0.4) is 0 Å². The van der Waals surface area contributed by atoms with E-state index in [0.717, 1.165) is 11.3 Å². The predicted octanol–water partition coefficient (Wildman–Crippen LogP) is 3.75. The summed E-state index contributed by atoms with van der Waals surface area (Å²) >= 11 is 6.00. The summed E-state index contributed by atoms with van der Waals surface area (Å²) in [5, 5.41) is 10.3. The fourth-order valence-corrected chi connectivity index (χ4v) is 1.91. The smallest absolute Gasteiger partial charge is 0.257 e. The molecule has 1 aromatic carbocycles. The van der Waals surface area contributed by atoms with Gasteiger partial charge >= 0.3 is 0 Å². The summed E-state index contributed by atoms with van der Waals surface area (Å²) in [5.41, 5.74) is 2.31. The monoisotopic (exact) mass is 277 g/mol. The van der Waals surface area contributed by atoms with Crippen molar-refractivity contribution < 1.29 is 4.79 Å². The van der Waals surface area contributed by atoms with Crippen molar-refractivity contribution in [3.63, 3.8) is 0 Å². The van der Waals surface area contributed by atoms with Gasteiger partial charge in [-0.3, -0.25) is 9.89 Å². The molecule has 100 valence electrons. The average Bonchev–Trinajstić information content (AvgIpc) is 2.81. The first-order chi connectivity index (χ1) is 8.99. The van der Waals surface area contributed by atoms with Crippen LogP contribution in [0.4, 0.5) is 5.82 Å². The molecule has 2 N–H and O–H groups in total. The predicted molar refractivity (Wildman–Crippen MR) is 76.8 cm³/mol. The molecule has 4 nitrogen and oxygen atoms in total. The minimum absolute atomic E-state index is 0.207. The molecule has 0 aliphatic heterocycles. The van der Waals surface area contributed by atoms with E-state index in [0.29, 0.717) is 22.3 Å². The number of aromatic nitrogens is 2. The molecule has 0 spiro atoms. The van der Waals surface area contributed by atoms with E-state index >= 15 is 0 Å². The number of aromatic amines is 1. The first-order valence-corrected chi connectivity index (χ1v) is 6.48. The van der Waals surface area contributed by atoms with Crippen LogP contribution < -0.4 is 5.32 Å². The highest BCUT2D eigenvalue weighted by atomic mass is 35.5. The zero-order valence-corrected chi connectivity index (χ0v) is 11.9. The van der Waals surface area contributed by atoms with E-state index in [1.165, 1.54) is 0 Å². The standard InChI is InChI=1S/C14H16ClN3O/c1-8(2)12-7-13(18-17-12)16-14(19)10-5-4-6-11(15)9(10)3/h4-8H,1-3H3,(H2,16,17,18,19). The van der Waals surface area contributed by atoms with Crippen LogP contribution in [0.5, 0.6) is 0 Å². The normalized spacial score (nSPS) is 10.8. The van der Waals surface area contributed by atoms with E-state index in [9.17, 15) is 4.79 Å². The van der Waals surface area contributed by atoms with Crippen LogP contribution in [0.1, 0.15) is 41.4 Å². The second-order valence-electron chi connectivity index (χ2n) is 4.73. The van der Waals surface area contributed by atoms with Crippen molar-refractivity contribution in [3.8, 4) is 0 Å². The molecule has 5 heteroatoms. The van der Waals surface area contributed by atoms with E-state index in [4.69, 9.17) is 11.6 Å². The van der Waals surface area contributed by atoms with Crippen molar-refractivity contribution in [1.29, 1.82) is 0 Å². The summed E-state index contributed by atoms with van der Waals surface area (Å²) in [5.74, 6) is 0.654. The van der Waals surface area contributed by atoms with Crippen molar-refractivity contribution in [2.24, 2.45) is 0 Å². The van der Waals surface area contributed by atoms with Gasteiger partial charge in [-0.15, -0.1) is 0 Å². The van der Waals surface area contributed by atoms with Gasteiger partial charge in [-0.1, -0.05) is 31.5 Å². The van der Waals surface area contributed by atoms with Crippen LogP contribution in [0.25, 0.3) is 0 Å². The van der Waals surface area contributed by atoms with Gasteiger partial charge in [-0.2, -0.15) is 5.10 Å². The lowest BCUT2D eigenvalue weighted by atomic mass is 10.1. The molecule has 1 heterocycles. The van der Waals surface area contributed by atoms with Crippen molar-refractivity contribution in [2.45, 2.75) is 26.7 Å². The number of halogens is 1. The van der Waals surface area contributed by atoms with Crippen LogP contribution in [0, 0.1) is 6.92 Å². The van der Waals surface area contributed by atoms with Crippen LogP contribution in [-0.4, -0.2) is 16.1 Å². The average molecular weight is 278 g/mol. The van der Waals surface area contributed by atoms with E-state index in [-0.39, 0.29) is 5.91 Å². The Bertz CT molecular complexity index is 604. The highest BCUT2D eigenvalue weighted by Gasteiger charge is 2.13. The van der Waals surface area contributed by atoms with E-state index < -0.39 is 0 Å². The molecule has 19 heavy (non-hydrogen) atoms. The maximum absolute atomic E-state index is 12.1. The molecule has 1 aromatic heterocycles. The van der Waals surface area contributed by atoms with Crippen LogP contribution in [-0.2, 0) is 0 Å². The number of H-pyrrole nitrogens is 1. The van der Waals surface area contributed by atoms with Crippen LogP contribution >= 0.6 is 11.6 Å². The molecular formula is C14H16ClN3O. The van der Waals surface area contributed by atoms with Crippen molar-refractivity contribution in [2.75, 3.05) is 5.32 Å². The third-order valence-electron chi connectivity index (χ3n) is 2.97. The summed E-state index contributed by atoms with van der Waals surface area (Å²) < 4.78 is 0. The molecular weight excluding hydrogens is 262 g/mol. The summed E-state index contributed by atoms with van der Waals surface area (Å²) in [6.45, 7) is 5.93. The molecule has 0 fully saturated rings. The maximum atomic E-state index is 12.1. The van der Waals surface area contributed by atoms with Crippen molar-refractivity contribution in [1.82, 2.24) is 10.2 Å². The van der Waals surface area contributed by atoms with Gasteiger partial charge in [0.15, 0.2) is 5.82 Å². The van der Waals surface area contributed by atoms with E-state index in [2.05, 4.69) is 29.4 Å². The zero-order chi connectivity index (χ0) is 14.0. The molecule has 0 unspecified atom stereocenters. The number of benzene rings is 1. The zero-order valence-electron chi connectivity index (χ0n) is 11.1. The SMILES string of the molecule is Cc1c(Cl)cccc1C(=O)Nc1cc(C(C)C)[nH]n1. The molecule has 0 aliphatic carbocycles. The molecule has 0 saturated carbocycles. The molecule has 1 amide bonds. The minimum Gasteiger partial charge on any atom is -0.305 e. The van der Waals surface area contributed by atoms with Crippen molar-refractivity contribution in [3.05, 3.63) is 46.1 Å². The highest BCUT2D eigenvalue weighted by molar-refractivity contribution is 6.32. The lowest BCUT2D eigenvalue weighted by Crippen LogP contribution is -2.13. The number of nitrogens with zero attached hydrogens (tertiary/aromatic N) is 1. The second kappa shape index (κ2) is 5.45. The second-order valence-corrected chi connectivity index (χ2v) is 5.14. The molecule has 0 aliphatic rings. The molecule has 0 bridgehead atoms. The Hall–Kier alpha value is -1.81. The minimum atomic E-state index is -0.207. The Balaban J connectivity index is 2.18. The fraction of sp³-hybridized carbons (Fsp3) is 0.286. The number of nitrogens with one attached hydrogen (secondary N) is 2. The number of amides is 1. The molecule has 0 saturated heterocycles. The Kier molecular flexibility index (Phi) is 3.90. The van der Waals surface area contributed by atoms with Gasteiger partial charge in [0.2, 0.25) is 0 Å². The quantitative estimate of drug-likeness (QED) is 0.898. The van der Waals surface area contributed by atoms with Crippen LogP contribution in [0.2, 0.25) is 5.02 Å². The van der Waals surface area contributed by atoms with E-state index in [1.807, 2.05) is 13.0 Å². The maximum Gasteiger partial charge on any atom is 0.257 e. The van der Waals surface area contributed by atoms with Gasteiger partial charge in [0.05, 0.1) is 0 Å². The van der Waals surface area contributed by atoms with E-state index in [1.54, 1.807) is 18.2 Å². The number of hydrogen-bond acceptors (Lipinski definition) is 2. The third-order valence-corrected chi connectivity index (χ3v) is 3.38. The lowest BCUT2D eigenvalue weighted by Gasteiger charge is -2.06. The van der Waals surface area contributed by atoms with Crippen LogP contribution in [0.15, 0.2) is 24.3 Å². The molecule has 0 radical (unpaired) electrons. The van der Waals surface area contributed by atoms with Gasteiger partial charge in [0.25, 0.3) is 5.91 Å². The number of hydrogen-bond donors (Lipinski definition) is 2. The third kappa shape index (κ3) is 2.96. The Morgan fingerprint density at radius 2 is 2.16 bits per heavy atom. The summed E-state index contributed by atoms with van der Waals surface area (Å²) in [6.07, 6.45) is 0. The molecule has 2 aromatic rings. The Labute approximate surface area is 117 Å². The topological polar surface area (TPSA) is 57.8 Å². The number of anilines is 1. The largest absolute Gasteiger partial charge is 0.305 e. The van der Waals surface area contributed by atoms with Gasteiger partial charge in [-0.05, 0) is 30.5 Å². The number of rotatable bonds is 3. The Morgan fingerprint density at radius 3 is 2.79 bits per heavy atom. The van der Waals surface area contributed by atoms with Gasteiger partial charge in [0, 0.05) is 22.3 Å². The fourth-order valence-electron chi connectivity index (χ4n) is 1.73. The van der Waals surface area contributed by atoms with Gasteiger partial charge in [0.1, 0.15) is 0 Å². The summed E-state index contributed by atoms with van der Waals surface area (Å²) in [6, 6.07) is 7.10. The Morgan fingerprint density at radius 1 is 1.42 bits per heavy atom. The summed E-state index contributed by atoms with van der Waals surface area (Å²) in [7, 11) is 0. The first-order valence-electron chi connectivity index (χ1n) is 6.11. The lowest BCUT2D eigenvalue weighted by molar-refractivity contribution is 0.102. The first kappa shape index (κ1) is 13.6. The molecule has 0 atom stereocenters. The highest BCUT2D eigenvalue weighted by Crippen LogP contribution is 2.20. The van der Waals surface area contributed by atoms with Gasteiger partial charge in [-0.25, -0.2) is 0 Å². The number of carbonyl (C=O) groups excluding carboxylic acids is 1. The number of carbonyl (C=O) groups is 1. The molecule has 2 rings (SSSR count). The van der Waals surface area contributed by atoms with Crippen molar-refractivity contribution >= 4 is 23.3 Å². The summed E-state index contributed by atoms with van der Waals surface area (Å²) in [4.78, 5) is 12.1.